The summed E-state index contributed by atoms with van der Waals surface area (Å²) in [6.45, 7) is 4.30. The van der Waals surface area contributed by atoms with Crippen molar-refractivity contribution in [1.29, 1.82) is 0 Å². The Balaban J connectivity index is 2.74. The SMILES string of the molecule is CCCc1nnsc1C(CCC)NN. The first-order valence-corrected chi connectivity index (χ1v) is 5.88. The number of hydrogen-bond acceptors (Lipinski definition) is 5. The third-order valence-corrected chi connectivity index (χ3v) is 3.05. The Kier molecular flexibility index (Phi) is 5.00. The van der Waals surface area contributed by atoms with Crippen LogP contribution < -0.4 is 11.3 Å². The first-order chi connectivity index (χ1) is 6.83. The van der Waals surface area contributed by atoms with Crippen molar-refractivity contribution in [3.63, 3.8) is 0 Å². The Labute approximate surface area is 89.0 Å². The van der Waals surface area contributed by atoms with Crippen molar-refractivity contribution in [1.82, 2.24) is 15.0 Å². The lowest BCUT2D eigenvalue weighted by Gasteiger charge is -2.13. The van der Waals surface area contributed by atoms with Gasteiger partial charge in [-0.3, -0.25) is 11.3 Å². The van der Waals surface area contributed by atoms with Crippen molar-refractivity contribution in [2.75, 3.05) is 0 Å². The van der Waals surface area contributed by atoms with E-state index in [9.17, 15) is 0 Å². The molecule has 0 bridgehead atoms. The molecule has 0 saturated heterocycles. The van der Waals surface area contributed by atoms with Gasteiger partial charge in [0.2, 0.25) is 0 Å². The highest BCUT2D eigenvalue weighted by Crippen LogP contribution is 2.24. The van der Waals surface area contributed by atoms with Gasteiger partial charge in [0.05, 0.1) is 16.6 Å². The minimum absolute atomic E-state index is 0.224. The van der Waals surface area contributed by atoms with E-state index in [4.69, 9.17) is 5.84 Å². The summed E-state index contributed by atoms with van der Waals surface area (Å²) >= 11 is 1.46. The van der Waals surface area contributed by atoms with Crippen LogP contribution in [0.25, 0.3) is 0 Å². The third kappa shape index (κ3) is 2.73. The molecule has 0 radical (unpaired) electrons. The highest BCUT2D eigenvalue weighted by molar-refractivity contribution is 7.05. The molecule has 0 aliphatic heterocycles. The minimum Gasteiger partial charge on any atom is -0.271 e. The van der Waals surface area contributed by atoms with E-state index in [-0.39, 0.29) is 6.04 Å². The van der Waals surface area contributed by atoms with Crippen LogP contribution in [0.3, 0.4) is 0 Å². The molecule has 0 aromatic carbocycles. The van der Waals surface area contributed by atoms with E-state index in [1.807, 2.05) is 0 Å². The highest BCUT2D eigenvalue weighted by Gasteiger charge is 2.16. The largest absolute Gasteiger partial charge is 0.271 e. The molecule has 0 fully saturated rings. The normalized spacial score (nSPS) is 13.1. The molecule has 80 valence electrons. The molecule has 3 N–H and O–H groups in total. The summed E-state index contributed by atoms with van der Waals surface area (Å²) in [4.78, 5) is 1.20. The maximum Gasteiger partial charge on any atom is 0.0804 e. The van der Waals surface area contributed by atoms with Gasteiger partial charge in [-0.2, -0.15) is 0 Å². The van der Waals surface area contributed by atoms with E-state index in [2.05, 4.69) is 28.9 Å². The van der Waals surface area contributed by atoms with Crippen LogP contribution in [0.2, 0.25) is 0 Å². The van der Waals surface area contributed by atoms with Gasteiger partial charge in [-0.05, 0) is 24.4 Å². The van der Waals surface area contributed by atoms with E-state index in [1.165, 1.54) is 16.4 Å². The summed E-state index contributed by atoms with van der Waals surface area (Å²) in [6.07, 6.45) is 4.24. The summed E-state index contributed by atoms with van der Waals surface area (Å²) in [5.74, 6) is 5.52. The molecule has 1 rings (SSSR count). The molecule has 0 spiro atoms. The van der Waals surface area contributed by atoms with E-state index in [1.54, 1.807) is 0 Å². The molecule has 0 saturated carbocycles. The van der Waals surface area contributed by atoms with Gasteiger partial charge in [0.25, 0.3) is 0 Å². The zero-order chi connectivity index (χ0) is 10.4. The number of aryl methyl sites for hydroxylation is 1. The molecule has 1 aromatic rings. The molecular formula is C9H18N4S. The van der Waals surface area contributed by atoms with Crippen molar-refractivity contribution < 1.29 is 0 Å². The van der Waals surface area contributed by atoms with E-state index in [0.29, 0.717) is 0 Å². The fraction of sp³-hybridized carbons (Fsp3) is 0.778. The van der Waals surface area contributed by atoms with Crippen molar-refractivity contribution in [2.45, 2.75) is 45.6 Å². The van der Waals surface area contributed by atoms with Gasteiger partial charge in [-0.1, -0.05) is 31.2 Å². The molecule has 1 aromatic heterocycles. The van der Waals surface area contributed by atoms with Crippen LogP contribution in [0, 0.1) is 0 Å². The second kappa shape index (κ2) is 6.06. The molecule has 1 atom stereocenters. The minimum atomic E-state index is 0.224. The molecule has 0 aliphatic rings. The zero-order valence-corrected chi connectivity index (χ0v) is 9.60. The smallest absolute Gasteiger partial charge is 0.0804 e. The first kappa shape index (κ1) is 11.6. The molecule has 4 nitrogen and oxygen atoms in total. The molecule has 14 heavy (non-hydrogen) atoms. The van der Waals surface area contributed by atoms with Gasteiger partial charge in [0, 0.05) is 0 Å². The second-order valence-corrected chi connectivity index (χ2v) is 4.13. The monoisotopic (exact) mass is 214 g/mol. The van der Waals surface area contributed by atoms with E-state index in [0.717, 1.165) is 31.4 Å². The van der Waals surface area contributed by atoms with Crippen molar-refractivity contribution in [3.05, 3.63) is 10.6 Å². The summed E-state index contributed by atoms with van der Waals surface area (Å²) < 4.78 is 3.99. The standard InChI is InChI=1S/C9H18N4S/c1-3-5-7(11-10)9-8(6-4-2)12-13-14-9/h7,11H,3-6,10H2,1-2H3. The number of rotatable bonds is 6. The van der Waals surface area contributed by atoms with Crippen molar-refractivity contribution in [3.8, 4) is 0 Å². The molecule has 1 heterocycles. The van der Waals surface area contributed by atoms with Crippen LogP contribution in [0.4, 0.5) is 0 Å². The first-order valence-electron chi connectivity index (χ1n) is 5.10. The highest BCUT2D eigenvalue weighted by atomic mass is 32.1. The van der Waals surface area contributed by atoms with Gasteiger partial charge < -0.3 is 0 Å². The van der Waals surface area contributed by atoms with Crippen molar-refractivity contribution >= 4 is 11.5 Å². The lowest BCUT2D eigenvalue weighted by atomic mass is 10.1. The number of nitrogens with zero attached hydrogens (tertiary/aromatic N) is 2. The number of aromatic nitrogens is 2. The fourth-order valence-corrected chi connectivity index (χ4v) is 2.26. The molecule has 5 heteroatoms. The van der Waals surface area contributed by atoms with Crippen LogP contribution in [0.5, 0.6) is 0 Å². The maximum absolute atomic E-state index is 5.52. The Hall–Kier alpha value is -0.520. The predicted molar refractivity (Wildman–Crippen MR) is 58.9 cm³/mol. The number of hydrogen-bond donors (Lipinski definition) is 2. The molecule has 0 aliphatic carbocycles. The summed E-state index contributed by atoms with van der Waals surface area (Å²) in [5, 5.41) is 4.13. The lowest BCUT2D eigenvalue weighted by molar-refractivity contribution is 0.512. The predicted octanol–water partition coefficient (Wildman–Crippen LogP) is 1.80. The maximum atomic E-state index is 5.52. The fourth-order valence-electron chi connectivity index (χ4n) is 1.47. The van der Waals surface area contributed by atoms with Crippen LogP contribution in [0.15, 0.2) is 0 Å². The third-order valence-electron chi connectivity index (χ3n) is 2.17. The van der Waals surface area contributed by atoms with E-state index < -0.39 is 0 Å². The van der Waals surface area contributed by atoms with Gasteiger partial charge in [0.1, 0.15) is 0 Å². The Morgan fingerprint density at radius 2 is 2.21 bits per heavy atom. The quantitative estimate of drug-likeness (QED) is 0.560. The molecular weight excluding hydrogens is 196 g/mol. The van der Waals surface area contributed by atoms with Crippen LogP contribution in [-0.2, 0) is 6.42 Å². The van der Waals surface area contributed by atoms with Gasteiger partial charge in [-0.15, -0.1) is 5.10 Å². The Bertz CT molecular complexity index is 261. The average Bonchev–Trinajstić information content (AvgIpc) is 2.63. The molecule has 1 unspecified atom stereocenters. The number of nitrogens with two attached hydrogens (primary N) is 1. The number of hydrazine groups is 1. The topological polar surface area (TPSA) is 63.8 Å². The van der Waals surface area contributed by atoms with Crippen LogP contribution in [-0.4, -0.2) is 9.59 Å². The summed E-state index contributed by atoms with van der Waals surface area (Å²) in [5.41, 5.74) is 3.94. The zero-order valence-electron chi connectivity index (χ0n) is 8.79. The summed E-state index contributed by atoms with van der Waals surface area (Å²) in [7, 11) is 0. The lowest BCUT2D eigenvalue weighted by Crippen LogP contribution is -2.27. The van der Waals surface area contributed by atoms with Gasteiger partial charge in [0.15, 0.2) is 0 Å². The van der Waals surface area contributed by atoms with E-state index >= 15 is 0 Å². The molecule has 0 amide bonds. The average molecular weight is 214 g/mol. The van der Waals surface area contributed by atoms with Gasteiger partial charge >= 0.3 is 0 Å². The Morgan fingerprint density at radius 3 is 2.79 bits per heavy atom. The number of nitrogens with one attached hydrogen (secondary N) is 1. The Morgan fingerprint density at radius 1 is 1.43 bits per heavy atom. The van der Waals surface area contributed by atoms with Gasteiger partial charge in [-0.25, -0.2) is 0 Å². The second-order valence-electron chi connectivity index (χ2n) is 3.34. The van der Waals surface area contributed by atoms with Crippen LogP contribution in [0.1, 0.15) is 49.7 Å². The summed E-state index contributed by atoms with van der Waals surface area (Å²) in [6, 6.07) is 0.224. The van der Waals surface area contributed by atoms with Crippen molar-refractivity contribution in [2.24, 2.45) is 5.84 Å². The van der Waals surface area contributed by atoms with Crippen LogP contribution >= 0.6 is 11.5 Å².